The lowest BCUT2D eigenvalue weighted by atomic mass is 9.82. The maximum absolute atomic E-state index is 10.8. The van der Waals surface area contributed by atoms with Crippen LogP contribution in [0.15, 0.2) is 36.5 Å². The zero-order valence-corrected chi connectivity index (χ0v) is 15.1. The molecule has 0 aliphatic heterocycles. The minimum atomic E-state index is 0.536. The average Bonchev–Trinajstić information content (AvgIpc) is 3.51. The number of nitrogens with one attached hydrogen (secondary N) is 1. The molecule has 1 N–H and O–H groups in total. The van der Waals surface area contributed by atoms with Crippen LogP contribution in [-0.2, 0) is 6.42 Å². The number of pyridine rings is 1. The Morgan fingerprint density at radius 1 is 1.19 bits per heavy atom. The summed E-state index contributed by atoms with van der Waals surface area (Å²) in [5, 5.41) is 3.66. The summed E-state index contributed by atoms with van der Waals surface area (Å²) in [5.41, 5.74) is 3.29. The van der Waals surface area contributed by atoms with Crippen LogP contribution in [0.4, 0.5) is 0 Å². The largest absolute Gasteiger partial charge is 0.439 e. The molecule has 0 spiro atoms. The molecule has 1 heterocycles. The molecule has 1 unspecified atom stereocenters. The normalized spacial score (nSPS) is 19.0. The highest BCUT2D eigenvalue weighted by molar-refractivity contribution is 5.74. The highest BCUT2D eigenvalue weighted by Gasteiger charge is 2.24. The van der Waals surface area contributed by atoms with E-state index in [2.05, 4.69) is 22.4 Å². The van der Waals surface area contributed by atoms with Gasteiger partial charge < -0.3 is 10.1 Å². The van der Waals surface area contributed by atoms with Gasteiger partial charge in [-0.3, -0.25) is 4.79 Å². The van der Waals surface area contributed by atoms with Crippen molar-refractivity contribution in [1.82, 2.24) is 10.3 Å². The van der Waals surface area contributed by atoms with Crippen LogP contribution in [0.3, 0.4) is 0 Å². The number of aromatic nitrogens is 1. The number of nitrogens with zero attached hydrogens (tertiary/aromatic N) is 1. The number of aldehydes is 1. The van der Waals surface area contributed by atoms with Gasteiger partial charge in [0, 0.05) is 24.4 Å². The van der Waals surface area contributed by atoms with E-state index in [-0.39, 0.29) is 0 Å². The minimum absolute atomic E-state index is 0.536. The molecule has 4 heteroatoms. The van der Waals surface area contributed by atoms with Gasteiger partial charge in [0.1, 0.15) is 5.75 Å². The van der Waals surface area contributed by atoms with Crippen LogP contribution in [0, 0.1) is 5.92 Å². The van der Waals surface area contributed by atoms with E-state index < -0.39 is 0 Å². The molecule has 0 amide bonds. The van der Waals surface area contributed by atoms with Crippen LogP contribution in [0.5, 0.6) is 11.6 Å². The molecule has 4 rings (SSSR count). The second-order valence-corrected chi connectivity index (χ2v) is 7.50. The summed E-state index contributed by atoms with van der Waals surface area (Å²) >= 11 is 0. The number of fused-ring (bicyclic) bond motifs is 1. The van der Waals surface area contributed by atoms with Gasteiger partial charge in [-0.05, 0) is 67.3 Å². The van der Waals surface area contributed by atoms with E-state index in [0.717, 1.165) is 37.5 Å². The summed E-state index contributed by atoms with van der Waals surface area (Å²) in [6.45, 7) is 2.19. The number of ether oxygens (including phenoxy) is 1. The van der Waals surface area contributed by atoms with Gasteiger partial charge in [-0.2, -0.15) is 0 Å². The van der Waals surface area contributed by atoms with E-state index in [1.807, 2.05) is 6.07 Å². The molecule has 2 aromatic rings. The smallest absolute Gasteiger partial charge is 0.219 e. The maximum Gasteiger partial charge on any atom is 0.219 e. The fourth-order valence-electron chi connectivity index (χ4n) is 3.84. The molecule has 26 heavy (non-hydrogen) atoms. The number of hydrogen-bond donors (Lipinski definition) is 1. The standard InChI is InChI=1S/C22H26N2O2/c25-15-17-9-10-22(24-13-17)26-21-6-2-4-19-18(3-1-5-20(19)21)14-23-12-11-16-7-8-16/h2,4,6,9-10,13,15-16,18,23H,1,3,5,7-8,11-12,14H2. The van der Waals surface area contributed by atoms with Gasteiger partial charge in [0.25, 0.3) is 0 Å². The molecule has 136 valence electrons. The topological polar surface area (TPSA) is 51.2 Å². The zero-order valence-electron chi connectivity index (χ0n) is 15.1. The quantitative estimate of drug-likeness (QED) is 0.563. The van der Waals surface area contributed by atoms with Crippen molar-refractivity contribution in [1.29, 1.82) is 0 Å². The second-order valence-electron chi connectivity index (χ2n) is 7.50. The van der Waals surface area contributed by atoms with Gasteiger partial charge in [-0.1, -0.05) is 25.0 Å². The van der Waals surface area contributed by atoms with Crippen molar-refractivity contribution in [2.24, 2.45) is 5.92 Å². The third-order valence-corrected chi connectivity index (χ3v) is 5.52. The summed E-state index contributed by atoms with van der Waals surface area (Å²) in [6.07, 6.45) is 10.0. The minimum Gasteiger partial charge on any atom is -0.439 e. The fourth-order valence-corrected chi connectivity index (χ4v) is 3.84. The fraction of sp³-hybridized carbons (Fsp3) is 0.455. The van der Waals surface area contributed by atoms with Crippen molar-refractivity contribution >= 4 is 6.29 Å². The van der Waals surface area contributed by atoms with Gasteiger partial charge in [-0.25, -0.2) is 4.98 Å². The summed E-state index contributed by atoms with van der Waals surface area (Å²) in [4.78, 5) is 15.0. The number of carbonyl (C=O) groups excluding carboxylic acids is 1. The average molecular weight is 350 g/mol. The van der Waals surface area contributed by atoms with Crippen LogP contribution in [0.25, 0.3) is 0 Å². The summed E-state index contributed by atoms with van der Waals surface area (Å²) in [6, 6.07) is 9.84. The predicted octanol–water partition coefficient (Wildman–Crippen LogP) is 4.50. The van der Waals surface area contributed by atoms with Gasteiger partial charge >= 0.3 is 0 Å². The first-order valence-electron chi connectivity index (χ1n) is 9.75. The molecule has 4 nitrogen and oxygen atoms in total. The zero-order chi connectivity index (χ0) is 17.8. The molecule has 1 atom stereocenters. The summed E-state index contributed by atoms with van der Waals surface area (Å²) in [7, 11) is 0. The Kier molecular flexibility index (Phi) is 5.30. The Balaban J connectivity index is 1.44. The first-order chi connectivity index (χ1) is 12.8. The summed E-state index contributed by atoms with van der Waals surface area (Å²) in [5.74, 6) is 2.98. The number of carbonyl (C=O) groups is 1. The molecule has 1 aromatic heterocycles. The van der Waals surface area contributed by atoms with Crippen molar-refractivity contribution in [3.8, 4) is 11.6 Å². The monoisotopic (exact) mass is 350 g/mol. The molecule has 2 aliphatic carbocycles. The molecule has 0 saturated heterocycles. The first-order valence-corrected chi connectivity index (χ1v) is 9.75. The van der Waals surface area contributed by atoms with Gasteiger partial charge in [0.05, 0.1) is 0 Å². The van der Waals surface area contributed by atoms with Crippen LogP contribution >= 0.6 is 0 Å². The second kappa shape index (κ2) is 8.00. The Morgan fingerprint density at radius 3 is 2.88 bits per heavy atom. The molecular formula is C22H26N2O2. The molecule has 1 aromatic carbocycles. The highest BCUT2D eigenvalue weighted by atomic mass is 16.5. The van der Waals surface area contributed by atoms with Crippen LogP contribution in [0.1, 0.15) is 59.5 Å². The molecule has 0 radical (unpaired) electrons. The van der Waals surface area contributed by atoms with Gasteiger partial charge in [-0.15, -0.1) is 0 Å². The number of benzene rings is 1. The maximum atomic E-state index is 10.8. The Hall–Kier alpha value is -2.20. The van der Waals surface area contributed by atoms with Gasteiger partial charge in [0.15, 0.2) is 6.29 Å². The van der Waals surface area contributed by atoms with Crippen LogP contribution in [-0.4, -0.2) is 24.4 Å². The SMILES string of the molecule is O=Cc1ccc(Oc2cccc3c2CCCC3CNCCC2CC2)nc1. The van der Waals surface area contributed by atoms with Crippen LogP contribution < -0.4 is 10.1 Å². The first kappa shape index (κ1) is 17.2. The molecule has 1 saturated carbocycles. The molecule has 2 aliphatic rings. The van der Waals surface area contributed by atoms with E-state index in [1.165, 1.54) is 43.2 Å². The van der Waals surface area contributed by atoms with Gasteiger partial charge in [0.2, 0.25) is 5.88 Å². The van der Waals surface area contributed by atoms with E-state index in [9.17, 15) is 4.79 Å². The lowest BCUT2D eigenvalue weighted by molar-refractivity contribution is 0.112. The van der Waals surface area contributed by atoms with E-state index in [0.29, 0.717) is 17.4 Å². The lowest BCUT2D eigenvalue weighted by Crippen LogP contribution is -2.25. The summed E-state index contributed by atoms with van der Waals surface area (Å²) < 4.78 is 6.04. The lowest BCUT2D eigenvalue weighted by Gasteiger charge is -2.27. The van der Waals surface area contributed by atoms with Crippen molar-refractivity contribution in [2.75, 3.05) is 13.1 Å². The highest BCUT2D eigenvalue weighted by Crippen LogP contribution is 2.38. The van der Waals surface area contributed by atoms with Crippen molar-refractivity contribution in [3.05, 3.63) is 53.2 Å². The van der Waals surface area contributed by atoms with Crippen molar-refractivity contribution < 1.29 is 9.53 Å². The van der Waals surface area contributed by atoms with E-state index in [1.54, 1.807) is 18.3 Å². The Bertz CT molecular complexity index is 753. The van der Waals surface area contributed by atoms with Crippen molar-refractivity contribution in [2.45, 2.75) is 44.4 Å². The van der Waals surface area contributed by atoms with Crippen molar-refractivity contribution in [3.63, 3.8) is 0 Å². The predicted molar refractivity (Wildman–Crippen MR) is 102 cm³/mol. The molecular weight excluding hydrogens is 324 g/mol. The van der Waals surface area contributed by atoms with Crippen LogP contribution in [0.2, 0.25) is 0 Å². The molecule has 0 bridgehead atoms. The Labute approximate surface area is 155 Å². The molecule has 1 fully saturated rings. The Morgan fingerprint density at radius 2 is 2.12 bits per heavy atom. The van der Waals surface area contributed by atoms with E-state index in [4.69, 9.17) is 4.74 Å². The third-order valence-electron chi connectivity index (χ3n) is 5.52. The number of hydrogen-bond acceptors (Lipinski definition) is 4. The van der Waals surface area contributed by atoms with E-state index >= 15 is 0 Å². The number of rotatable bonds is 8. The third kappa shape index (κ3) is 4.13.